The molecule has 0 bridgehead atoms. The standard InChI is InChI=1S/C66H110O6/c1-4-7-10-13-16-19-22-25-27-29-30-31-32-33-34-35-36-38-39-41-44-47-50-53-56-59-65(68)71-62-63(61-70-64(67)58-55-52-49-46-43-24-21-18-15-12-9-6-3)72-66(69)60-57-54-51-48-45-42-40-37-28-26-23-20-17-14-11-8-5-2/h7-8,10-11,16-17,19-20,25-28,30-31,33-34,40,42,63H,4-6,9,12-15,18,21-24,29,32,35-39,41,43-62H2,1-3H3/b10-7-,11-8-,19-16-,20-17-,27-25-,28-26-,31-30-,34-33-,42-40-. The smallest absolute Gasteiger partial charge is 0.306 e. The van der Waals surface area contributed by atoms with Crippen molar-refractivity contribution in [2.24, 2.45) is 0 Å². The summed E-state index contributed by atoms with van der Waals surface area (Å²) in [4.78, 5) is 38.2. The summed E-state index contributed by atoms with van der Waals surface area (Å²) in [7, 11) is 0. The first-order valence-electron chi connectivity index (χ1n) is 29.9. The van der Waals surface area contributed by atoms with Gasteiger partial charge in [0.15, 0.2) is 6.10 Å². The molecule has 0 aliphatic heterocycles. The lowest BCUT2D eigenvalue weighted by Gasteiger charge is -2.18. The SMILES string of the molecule is CC/C=C\C/C=C\C/C=C\C/C=C\C/C=C\CCCCCCCCCCCC(=O)OCC(COC(=O)CCCCCCCCCCCCCC)OC(=O)CCCCCC/C=C\C/C=C\C/C=C\C/C=C\CC. The van der Waals surface area contributed by atoms with E-state index in [1.54, 1.807) is 0 Å². The molecule has 0 heterocycles. The first-order chi connectivity index (χ1) is 35.5. The molecule has 0 rings (SSSR count). The van der Waals surface area contributed by atoms with E-state index in [9.17, 15) is 14.4 Å². The van der Waals surface area contributed by atoms with Gasteiger partial charge in [-0.2, -0.15) is 0 Å². The monoisotopic (exact) mass is 999 g/mol. The second-order valence-electron chi connectivity index (χ2n) is 19.5. The summed E-state index contributed by atoms with van der Waals surface area (Å²) in [5, 5.41) is 0. The summed E-state index contributed by atoms with van der Waals surface area (Å²) < 4.78 is 16.9. The number of hydrogen-bond acceptors (Lipinski definition) is 6. The molecule has 0 fully saturated rings. The van der Waals surface area contributed by atoms with Gasteiger partial charge in [0.2, 0.25) is 0 Å². The lowest BCUT2D eigenvalue weighted by Crippen LogP contribution is -2.30. The fourth-order valence-electron chi connectivity index (χ4n) is 8.11. The Labute approximate surface area is 444 Å². The fraction of sp³-hybridized carbons (Fsp3) is 0.682. The van der Waals surface area contributed by atoms with E-state index in [0.717, 1.165) is 135 Å². The lowest BCUT2D eigenvalue weighted by atomic mass is 10.0. The van der Waals surface area contributed by atoms with Crippen molar-refractivity contribution in [3.8, 4) is 0 Å². The van der Waals surface area contributed by atoms with Crippen LogP contribution in [0.1, 0.15) is 271 Å². The molecule has 0 saturated carbocycles. The van der Waals surface area contributed by atoms with E-state index in [1.807, 2.05) is 0 Å². The molecule has 0 aromatic carbocycles. The molecule has 0 aromatic heterocycles. The molecule has 0 spiro atoms. The van der Waals surface area contributed by atoms with Crippen molar-refractivity contribution >= 4 is 17.9 Å². The Hall–Kier alpha value is -3.93. The van der Waals surface area contributed by atoms with Crippen LogP contribution in [0.5, 0.6) is 0 Å². The predicted molar refractivity (Wildman–Crippen MR) is 311 cm³/mol. The summed E-state index contributed by atoms with van der Waals surface area (Å²) in [5.41, 5.74) is 0. The maximum atomic E-state index is 12.9. The van der Waals surface area contributed by atoms with Crippen LogP contribution in [0, 0.1) is 0 Å². The predicted octanol–water partition coefficient (Wildman–Crippen LogP) is 20.3. The minimum Gasteiger partial charge on any atom is -0.462 e. The highest BCUT2D eigenvalue weighted by Gasteiger charge is 2.19. The van der Waals surface area contributed by atoms with Crippen LogP contribution in [0.15, 0.2) is 109 Å². The van der Waals surface area contributed by atoms with Crippen LogP contribution in [0.25, 0.3) is 0 Å². The van der Waals surface area contributed by atoms with Gasteiger partial charge in [0, 0.05) is 19.3 Å². The number of esters is 3. The van der Waals surface area contributed by atoms with Crippen LogP contribution in [-0.2, 0) is 28.6 Å². The van der Waals surface area contributed by atoms with E-state index < -0.39 is 6.10 Å². The minimum absolute atomic E-state index is 0.0889. The zero-order valence-corrected chi connectivity index (χ0v) is 46.9. The van der Waals surface area contributed by atoms with Gasteiger partial charge in [-0.1, -0.05) is 259 Å². The van der Waals surface area contributed by atoms with Gasteiger partial charge in [0.05, 0.1) is 0 Å². The first kappa shape index (κ1) is 68.1. The van der Waals surface area contributed by atoms with Crippen molar-refractivity contribution in [3.05, 3.63) is 109 Å². The number of carbonyl (C=O) groups excluding carboxylic acids is 3. The zero-order chi connectivity index (χ0) is 52.2. The Bertz CT molecular complexity index is 1470. The molecule has 0 radical (unpaired) electrons. The molecular weight excluding hydrogens is 889 g/mol. The molecule has 6 heteroatoms. The molecule has 410 valence electrons. The molecule has 0 aliphatic carbocycles. The highest BCUT2D eigenvalue weighted by atomic mass is 16.6. The average molecular weight is 1000 g/mol. The van der Waals surface area contributed by atoms with Crippen molar-refractivity contribution < 1.29 is 28.6 Å². The third-order valence-corrected chi connectivity index (χ3v) is 12.5. The Morgan fingerprint density at radius 2 is 0.542 bits per heavy atom. The van der Waals surface area contributed by atoms with Gasteiger partial charge in [-0.25, -0.2) is 0 Å². The van der Waals surface area contributed by atoms with E-state index in [0.29, 0.717) is 19.3 Å². The average Bonchev–Trinajstić information content (AvgIpc) is 3.38. The third kappa shape index (κ3) is 57.0. The maximum absolute atomic E-state index is 12.9. The topological polar surface area (TPSA) is 78.9 Å². The van der Waals surface area contributed by atoms with Crippen molar-refractivity contribution in [2.75, 3.05) is 13.2 Å². The summed E-state index contributed by atoms with van der Waals surface area (Å²) >= 11 is 0. The normalized spacial score (nSPS) is 12.9. The van der Waals surface area contributed by atoms with Gasteiger partial charge in [-0.3, -0.25) is 14.4 Å². The van der Waals surface area contributed by atoms with Crippen molar-refractivity contribution in [3.63, 3.8) is 0 Å². The number of hydrogen-bond donors (Lipinski definition) is 0. The summed E-state index contributed by atoms with van der Waals surface area (Å²) in [6, 6.07) is 0. The van der Waals surface area contributed by atoms with E-state index in [1.165, 1.54) is 96.3 Å². The second-order valence-corrected chi connectivity index (χ2v) is 19.5. The highest BCUT2D eigenvalue weighted by molar-refractivity contribution is 5.71. The largest absolute Gasteiger partial charge is 0.462 e. The Morgan fingerprint density at radius 3 is 0.847 bits per heavy atom. The van der Waals surface area contributed by atoms with Gasteiger partial charge in [-0.15, -0.1) is 0 Å². The van der Waals surface area contributed by atoms with Crippen LogP contribution >= 0.6 is 0 Å². The summed E-state index contributed by atoms with van der Waals surface area (Å²) in [6.07, 6.45) is 80.8. The van der Waals surface area contributed by atoms with E-state index in [-0.39, 0.29) is 31.1 Å². The maximum Gasteiger partial charge on any atom is 0.306 e. The van der Waals surface area contributed by atoms with Gasteiger partial charge in [-0.05, 0) is 103 Å². The summed E-state index contributed by atoms with van der Waals surface area (Å²) in [6.45, 7) is 6.39. The number of ether oxygens (including phenoxy) is 3. The molecule has 1 atom stereocenters. The highest BCUT2D eigenvalue weighted by Crippen LogP contribution is 2.15. The molecule has 6 nitrogen and oxygen atoms in total. The molecule has 1 unspecified atom stereocenters. The van der Waals surface area contributed by atoms with Gasteiger partial charge in [0.25, 0.3) is 0 Å². The molecule has 0 aromatic rings. The Kier molecular flexibility index (Phi) is 56.4. The van der Waals surface area contributed by atoms with Crippen LogP contribution in [0.2, 0.25) is 0 Å². The Morgan fingerprint density at radius 1 is 0.292 bits per heavy atom. The third-order valence-electron chi connectivity index (χ3n) is 12.5. The Balaban J connectivity index is 4.36. The van der Waals surface area contributed by atoms with Gasteiger partial charge in [0.1, 0.15) is 13.2 Å². The van der Waals surface area contributed by atoms with Gasteiger partial charge >= 0.3 is 17.9 Å². The van der Waals surface area contributed by atoms with E-state index >= 15 is 0 Å². The quantitative estimate of drug-likeness (QED) is 0.0261. The van der Waals surface area contributed by atoms with Crippen molar-refractivity contribution in [2.45, 2.75) is 277 Å². The zero-order valence-electron chi connectivity index (χ0n) is 46.9. The fourth-order valence-corrected chi connectivity index (χ4v) is 8.11. The molecule has 0 aliphatic rings. The molecule has 72 heavy (non-hydrogen) atoms. The number of carbonyl (C=O) groups is 3. The second kappa shape index (κ2) is 59.6. The molecule has 0 saturated heterocycles. The van der Waals surface area contributed by atoms with Crippen LogP contribution in [0.3, 0.4) is 0 Å². The number of unbranched alkanes of at least 4 members (excludes halogenated alkanes) is 24. The van der Waals surface area contributed by atoms with Crippen molar-refractivity contribution in [1.82, 2.24) is 0 Å². The molecular formula is C66H110O6. The molecule has 0 N–H and O–H groups in total. The van der Waals surface area contributed by atoms with Crippen LogP contribution < -0.4 is 0 Å². The first-order valence-corrected chi connectivity index (χ1v) is 29.9. The van der Waals surface area contributed by atoms with Crippen LogP contribution in [-0.4, -0.2) is 37.2 Å². The minimum atomic E-state index is -0.794. The van der Waals surface area contributed by atoms with E-state index in [2.05, 4.69) is 130 Å². The number of allylic oxidation sites excluding steroid dienone is 18. The van der Waals surface area contributed by atoms with Crippen LogP contribution in [0.4, 0.5) is 0 Å². The van der Waals surface area contributed by atoms with E-state index in [4.69, 9.17) is 14.2 Å². The number of rotatable bonds is 53. The lowest BCUT2D eigenvalue weighted by molar-refractivity contribution is -0.167. The molecule has 0 amide bonds. The van der Waals surface area contributed by atoms with Gasteiger partial charge < -0.3 is 14.2 Å². The summed E-state index contributed by atoms with van der Waals surface area (Å²) in [5.74, 6) is -0.916. The van der Waals surface area contributed by atoms with Crippen molar-refractivity contribution in [1.29, 1.82) is 0 Å².